The molecule has 0 atom stereocenters. The molecule has 1 rings (SSSR count). The van der Waals surface area contributed by atoms with E-state index in [1.54, 1.807) is 19.9 Å². The maximum atomic E-state index is 12.3. The first-order valence-corrected chi connectivity index (χ1v) is 7.70. The lowest BCUT2D eigenvalue weighted by atomic mass is 10.1. The van der Waals surface area contributed by atoms with Gasteiger partial charge in [-0.1, -0.05) is 6.92 Å². The molecule has 1 aromatic heterocycles. The molecular formula is C11H19NO3S2. The van der Waals surface area contributed by atoms with Gasteiger partial charge in [-0.05, 0) is 32.4 Å². The highest BCUT2D eigenvalue weighted by molar-refractivity contribution is 7.91. The van der Waals surface area contributed by atoms with Gasteiger partial charge in [0.05, 0.1) is 12.1 Å². The lowest BCUT2D eigenvalue weighted by molar-refractivity contribution is 0.138. The Morgan fingerprint density at radius 3 is 2.41 bits per heavy atom. The lowest BCUT2D eigenvalue weighted by Crippen LogP contribution is -2.47. The maximum Gasteiger partial charge on any atom is 0.252 e. The van der Waals surface area contributed by atoms with Crippen LogP contribution in [0.4, 0.5) is 0 Å². The molecule has 6 heteroatoms. The van der Waals surface area contributed by atoms with Crippen molar-refractivity contribution in [2.45, 2.75) is 36.9 Å². The Morgan fingerprint density at radius 1 is 1.41 bits per heavy atom. The number of thiophene rings is 1. The molecule has 0 aliphatic carbocycles. The van der Waals surface area contributed by atoms with Gasteiger partial charge < -0.3 is 5.11 Å². The second-order valence-electron chi connectivity index (χ2n) is 4.52. The molecule has 0 saturated heterocycles. The third-order valence-electron chi connectivity index (χ3n) is 2.84. The number of hydrogen-bond acceptors (Lipinski definition) is 4. The topological polar surface area (TPSA) is 57.6 Å². The molecule has 0 bridgehead atoms. The fourth-order valence-electron chi connectivity index (χ4n) is 1.25. The predicted molar refractivity (Wildman–Crippen MR) is 69.8 cm³/mol. The van der Waals surface area contributed by atoms with Gasteiger partial charge in [-0.25, -0.2) is 8.42 Å². The van der Waals surface area contributed by atoms with Crippen LogP contribution in [0, 0.1) is 0 Å². The van der Waals surface area contributed by atoms with Gasteiger partial charge in [0.25, 0.3) is 10.0 Å². The number of rotatable bonds is 5. The molecule has 0 aromatic carbocycles. The smallest absolute Gasteiger partial charge is 0.252 e. The fourth-order valence-corrected chi connectivity index (χ4v) is 4.22. The quantitative estimate of drug-likeness (QED) is 0.891. The molecule has 1 heterocycles. The van der Waals surface area contributed by atoms with Crippen molar-refractivity contribution in [3.8, 4) is 0 Å². The molecule has 1 aromatic rings. The van der Waals surface area contributed by atoms with E-state index in [0.29, 0.717) is 4.21 Å². The summed E-state index contributed by atoms with van der Waals surface area (Å²) in [7, 11) is -2.01. The Hall–Kier alpha value is -0.430. The fraction of sp³-hybridized carbons (Fsp3) is 0.636. The molecule has 0 spiro atoms. The van der Waals surface area contributed by atoms with E-state index in [4.69, 9.17) is 0 Å². The molecule has 0 saturated carbocycles. The monoisotopic (exact) mass is 277 g/mol. The Morgan fingerprint density at radius 2 is 2.00 bits per heavy atom. The van der Waals surface area contributed by atoms with E-state index >= 15 is 0 Å². The highest BCUT2D eigenvalue weighted by Gasteiger charge is 2.34. The third kappa shape index (κ3) is 2.88. The summed E-state index contributed by atoms with van der Waals surface area (Å²) in [5.74, 6) is 0. The molecule has 4 nitrogen and oxygen atoms in total. The van der Waals surface area contributed by atoms with E-state index in [-0.39, 0.29) is 6.61 Å². The van der Waals surface area contributed by atoms with Crippen LogP contribution < -0.4 is 0 Å². The normalized spacial score (nSPS) is 13.3. The lowest BCUT2D eigenvalue weighted by Gasteiger charge is -2.32. The Bertz CT molecular complexity index is 477. The minimum absolute atomic E-state index is 0.214. The van der Waals surface area contributed by atoms with Gasteiger partial charge in [-0.2, -0.15) is 4.31 Å². The van der Waals surface area contributed by atoms with Crippen molar-refractivity contribution in [3.05, 3.63) is 17.0 Å². The number of aliphatic hydroxyl groups is 1. The highest BCUT2D eigenvalue weighted by atomic mass is 32.2. The average Bonchev–Trinajstić information content (AvgIpc) is 2.77. The summed E-state index contributed by atoms with van der Waals surface area (Å²) in [6.45, 7) is 5.16. The van der Waals surface area contributed by atoms with E-state index in [0.717, 1.165) is 11.3 Å². The first kappa shape index (κ1) is 14.6. The molecule has 0 amide bonds. The summed E-state index contributed by atoms with van der Waals surface area (Å²) >= 11 is 1.28. The number of aryl methyl sites for hydroxylation is 1. The van der Waals surface area contributed by atoms with E-state index in [1.807, 2.05) is 13.0 Å². The number of likely N-dealkylation sites (N-methyl/N-ethyl adjacent to an activating group) is 1. The number of aliphatic hydroxyl groups excluding tert-OH is 1. The van der Waals surface area contributed by atoms with Crippen molar-refractivity contribution < 1.29 is 13.5 Å². The molecule has 0 unspecified atom stereocenters. The van der Waals surface area contributed by atoms with Crippen LogP contribution in [0.1, 0.15) is 25.6 Å². The zero-order chi connectivity index (χ0) is 13.3. The summed E-state index contributed by atoms with van der Waals surface area (Å²) in [6.07, 6.45) is 0.827. The Kier molecular flexibility index (Phi) is 4.35. The average molecular weight is 277 g/mol. The van der Waals surface area contributed by atoms with E-state index in [2.05, 4.69) is 0 Å². The maximum absolute atomic E-state index is 12.3. The van der Waals surface area contributed by atoms with Crippen LogP contribution in [0.15, 0.2) is 16.3 Å². The highest BCUT2D eigenvalue weighted by Crippen LogP contribution is 2.28. The van der Waals surface area contributed by atoms with Gasteiger partial charge in [0, 0.05) is 11.9 Å². The molecule has 0 aliphatic heterocycles. The van der Waals surface area contributed by atoms with E-state index in [1.165, 1.54) is 22.7 Å². The van der Waals surface area contributed by atoms with Gasteiger partial charge >= 0.3 is 0 Å². The molecule has 0 aliphatic rings. The minimum Gasteiger partial charge on any atom is -0.394 e. The molecule has 1 N–H and O–H groups in total. The van der Waals surface area contributed by atoms with Crippen LogP contribution in [-0.2, 0) is 16.4 Å². The summed E-state index contributed by atoms with van der Waals surface area (Å²) in [6, 6.07) is 3.46. The molecular weight excluding hydrogens is 258 g/mol. The second-order valence-corrected chi connectivity index (χ2v) is 7.88. The Labute approximate surface area is 107 Å². The number of hydrogen-bond donors (Lipinski definition) is 1. The molecule has 98 valence electrons. The zero-order valence-electron chi connectivity index (χ0n) is 10.6. The predicted octanol–water partition coefficient (Wildman–Crippen LogP) is 1.70. The van der Waals surface area contributed by atoms with Gasteiger partial charge in [-0.15, -0.1) is 11.3 Å². The standard InChI is InChI=1S/C11H19NO3S2/c1-5-9-6-7-10(16-9)17(14,15)12(4)11(2,3)8-13/h6-7,13H,5,8H2,1-4H3. The van der Waals surface area contributed by atoms with Crippen LogP contribution >= 0.6 is 11.3 Å². The second kappa shape index (κ2) is 5.06. The van der Waals surface area contributed by atoms with Crippen molar-refractivity contribution in [3.63, 3.8) is 0 Å². The molecule has 0 radical (unpaired) electrons. The molecule has 0 fully saturated rings. The van der Waals surface area contributed by atoms with Crippen molar-refractivity contribution in [2.24, 2.45) is 0 Å². The minimum atomic E-state index is -3.51. The van der Waals surface area contributed by atoms with Crippen LogP contribution in [0.3, 0.4) is 0 Å². The summed E-state index contributed by atoms with van der Waals surface area (Å²) in [4.78, 5) is 1.04. The van der Waals surface area contributed by atoms with Crippen LogP contribution in [-0.4, -0.2) is 37.0 Å². The van der Waals surface area contributed by atoms with E-state index < -0.39 is 15.6 Å². The molecule has 17 heavy (non-hydrogen) atoms. The van der Waals surface area contributed by atoms with E-state index in [9.17, 15) is 13.5 Å². The van der Waals surface area contributed by atoms with Crippen molar-refractivity contribution in [1.29, 1.82) is 0 Å². The van der Waals surface area contributed by atoms with Gasteiger partial charge in [0.2, 0.25) is 0 Å². The van der Waals surface area contributed by atoms with Gasteiger partial charge in [0.1, 0.15) is 4.21 Å². The number of sulfonamides is 1. The first-order valence-electron chi connectivity index (χ1n) is 5.44. The third-order valence-corrected chi connectivity index (χ3v) is 6.61. The van der Waals surface area contributed by atoms with Crippen LogP contribution in [0.5, 0.6) is 0 Å². The summed E-state index contributed by atoms with van der Waals surface area (Å²) in [5.41, 5.74) is -0.796. The van der Waals surface area contributed by atoms with Crippen molar-refractivity contribution in [2.75, 3.05) is 13.7 Å². The summed E-state index contributed by atoms with van der Waals surface area (Å²) in [5, 5.41) is 9.22. The van der Waals surface area contributed by atoms with Crippen LogP contribution in [0.2, 0.25) is 0 Å². The van der Waals surface area contributed by atoms with Crippen LogP contribution in [0.25, 0.3) is 0 Å². The number of nitrogens with zero attached hydrogens (tertiary/aromatic N) is 1. The van der Waals surface area contributed by atoms with Crippen molar-refractivity contribution in [1.82, 2.24) is 4.31 Å². The van der Waals surface area contributed by atoms with Crippen molar-refractivity contribution >= 4 is 21.4 Å². The SMILES string of the molecule is CCc1ccc(S(=O)(=O)N(C)C(C)(C)CO)s1. The summed E-state index contributed by atoms with van der Waals surface area (Å²) < 4.78 is 26.1. The largest absolute Gasteiger partial charge is 0.394 e. The first-order chi connectivity index (χ1) is 7.75. The Balaban J connectivity index is 3.11. The van der Waals surface area contributed by atoms with Gasteiger partial charge in [0.15, 0.2) is 0 Å². The zero-order valence-corrected chi connectivity index (χ0v) is 12.2. The van der Waals surface area contributed by atoms with Gasteiger partial charge in [-0.3, -0.25) is 0 Å².